The highest BCUT2D eigenvalue weighted by atomic mass is 36.0. The first-order valence-electron chi connectivity index (χ1n) is 5.93. The third-order valence-electron chi connectivity index (χ3n) is 2.42. The molecule has 0 radical (unpaired) electrons. The monoisotopic (exact) mass is 434 g/mol. The number of fused-ring (bicyclic) bond motifs is 1. The summed E-state index contributed by atoms with van der Waals surface area (Å²) >= 11 is 0.937. The highest BCUT2D eigenvalue weighted by Crippen LogP contribution is 2.18. The van der Waals surface area contributed by atoms with E-state index < -0.39 is 32.5 Å². The normalized spacial score (nSPS) is 10.0. The van der Waals surface area contributed by atoms with E-state index in [-0.39, 0.29) is 11.4 Å². The van der Waals surface area contributed by atoms with E-state index in [1.165, 1.54) is 0 Å². The first-order valence-corrected chi connectivity index (χ1v) is 9.46. The molecule has 136 valence electrons. The molecule has 3 rings (SSSR count). The number of anilines is 2. The highest BCUT2D eigenvalue weighted by Gasteiger charge is 2.05. The second-order valence-corrected chi connectivity index (χ2v) is 7.15. The average Bonchev–Trinajstić information content (AvgIpc) is 2.93. The molecule has 0 atom stereocenters. The Bertz CT molecular complexity index is 807. The van der Waals surface area contributed by atoms with E-state index in [4.69, 9.17) is 15.7 Å². The van der Waals surface area contributed by atoms with Crippen LogP contribution >= 0.6 is 33.1 Å². The van der Waals surface area contributed by atoms with Gasteiger partial charge in [-0.3, -0.25) is 0 Å². The molecule has 1 aromatic heterocycles. The Labute approximate surface area is 154 Å². The predicted molar refractivity (Wildman–Crippen MR) is 92.4 cm³/mol. The fourth-order valence-electron chi connectivity index (χ4n) is 1.36. The van der Waals surface area contributed by atoms with Crippen LogP contribution < -0.4 is 11.5 Å². The Kier molecular flexibility index (Phi) is 8.29. The van der Waals surface area contributed by atoms with Crippen molar-refractivity contribution in [2.75, 3.05) is 11.5 Å². The molecule has 5 nitrogen and oxygen atoms in total. The molecule has 0 amide bonds. The van der Waals surface area contributed by atoms with Gasteiger partial charge in [-0.25, -0.2) is 21.8 Å². The lowest BCUT2D eigenvalue weighted by molar-refractivity contribution is 0.510. The van der Waals surface area contributed by atoms with Crippen LogP contribution in [-0.4, -0.2) is 13.0 Å². The second kappa shape index (κ2) is 9.70. The number of halogens is 6. The van der Waals surface area contributed by atoms with Crippen molar-refractivity contribution in [2.45, 2.75) is 0 Å². The standard InChI is InChI=1S/C6H2F2N2S.C6H6F2N2.Cl2OS/c7-3-1-5-6(2-4(3)8)10-11-9-5;7-3-1-5(9)6(10)2-4(3)8;1-4(2)3/h1-2H;1-2H,9-10H2;. The number of rotatable bonds is 0. The number of nitrogens with two attached hydrogens (primary N) is 2. The summed E-state index contributed by atoms with van der Waals surface area (Å²) in [5, 5.41) is 0. The number of hydrogen-bond donors (Lipinski definition) is 2. The summed E-state index contributed by atoms with van der Waals surface area (Å²) in [5.74, 6) is -3.73. The van der Waals surface area contributed by atoms with Crippen LogP contribution in [0.3, 0.4) is 0 Å². The van der Waals surface area contributed by atoms with E-state index in [1.807, 2.05) is 0 Å². The van der Waals surface area contributed by atoms with Gasteiger partial charge in [0.05, 0.1) is 23.1 Å². The Morgan fingerprint density at radius 2 is 1.08 bits per heavy atom. The highest BCUT2D eigenvalue weighted by molar-refractivity contribution is 8.26. The maximum Gasteiger partial charge on any atom is 0.211 e. The molecule has 3 aromatic rings. The van der Waals surface area contributed by atoms with Gasteiger partial charge in [-0.15, -0.1) is 0 Å². The van der Waals surface area contributed by atoms with Crippen LogP contribution in [0.15, 0.2) is 24.3 Å². The summed E-state index contributed by atoms with van der Waals surface area (Å²) in [6.07, 6.45) is 0. The fraction of sp³-hybridized carbons (Fsp3) is 0. The van der Waals surface area contributed by atoms with Crippen molar-refractivity contribution in [3.05, 3.63) is 47.5 Å². The molecule has 0 saturated heterocycles. The first kappa shape index (κ1) is 21.4. The van der Waals surface area contributed by atoms with Gasteiger partial charge in [-0.2, -0.15) is 8.75 Å². The third kappa shape index (κ3) is 6.98. The van der Waals surface area contributed by atoms with Crippen LogP contribution in [0, 0.1) is 23.3 Å². The van der Waals surface area contributed by atoms with Gasteiger partial charge in [-0.05, 0) is 0 Å². The van der Waals surface area contributed by atoms with Crippen LogP contribution in [-0.2, 0) is 9.23 Å². The van der Waals surface area contributed by atoms with Crippen LogP contribution in [0.25, 0.3) is 11.0 Å². The van der Waals surface area contributed by atoms with Gasteiger partial charge in [0.25, 0.3) is 0 Å². The Balaban J connectivity index is 0.000000208. The minimum absolute atomic E-state index is 0.0545. The smallest absolute Gasteiger partial charge is 0.211 e. The molecule has 0 aliphatic rings. The van der Waals surface area contributed by atoms with E-state index in [9.17, 15) is 17.6 Å². The molecule has 0 spiro atoms. The van der Waals surface area contributed by atoms with E-state index in [2.05, 4.69) is 30.1 Å². The zero-order valence-electron chi connectivity index (χ0n) is 11.9. The molecular formula is C12H8Cl2F4N4OS2. The Morgan fingerprint density at radius 3 is 1.40 bits per heavy atom. The van der Waals surface area contributed by atoms with E-state index in [1.54, 1.807) is 0 Å². The molecule has 0 aliphatic carbocycles. The molecule has 25 heavy (non-hydrogen) atoms. The van der Waals surface area contributed by atoms with Crippen LogP contribution in [0.5, 0.6) is 0 Å². The molecule has 0 fully saturated rings. The lowest BCUT2D eigenvalue weighted by Gasteiger charge is -1.98. The number of benzene rings is 2. The quantitative estimate of drug-likeness (QED) is 0.315. The lowest BCUT2D eigenvalue weighted by atomic mass is 10.2. The molecule has 0 saturated carbocycles. The first-order chi connectivity index (χ1) is 11.6. The van der Waals surface area contributed by atoms with E-state index in [0.29, 0.717) is 11.0 Å². The Morgan fingerprint density at radius 1 is 0.800 bits per heavy atom. The Hall–Kier alpha value is -1.69. The van der Waals surface area contributed by atoms with Crippen molar-refractivity contribution in [2.24, 2.45) is 0 Å². The summed E-state index contributed by atoms with van der Waals surface area (Å²) < 4.78 is 66.0. The lowest BCUT2D eigenvalue weighted by Crippen LogP contribution is -1.97. The number of aromatic nitrogens is 2. The van der Waals surface area contributed by atoms with Crippen molar-refractivity contribution >= 4 is 64.7 Å². The molecule has 0 unspecified atom stereocenters. The molecule has 4 N–H and O–H groups in total. The van der Waals surface area contributed by atoms with Gasteiger partial charge in [-0.1, -0.05) is 0 Å². The molecule has 13 heteroatoms. The summed E-state index contributed by atoms with van der Waals surface area (Å²) in [7, 11) is 7.36. The summed E-state index contributed by atoms with van der Waals surface area (Å²) in [4.78, 5) is 0. The summed E-state index contributed by atoms with van der Waals surface area (Å²) in [6, 6.07) is 3.78. The van der Waals surface area contributed by atoms with Crippen molar-refractivity contribution in [1.29, 1.82) is 0 Å². The van der Waals surface area contributed by atoms with E-state index >= 15 is 0 Å². The SMILES string of the molecule is Fc1cc2nsnc2cc1F.Nc1cc(F)c(F)cc1N.O=S(Cl)Cl. The van der Waals surface area contributed by atoms with Crippen LogP contribution in [0.4, 0.5) is 28.9 Å². The topological polar surface area (TPSA) is 94.9 Å². The van der Waals surface area contributed by atoms with Crippen molar-refractivity contribution in [3.63, 3.8) is 0 Å². The van der Waals surface area contributed by atoms with Crippen molar-refractivity contribution in [1.82, 2.24) is 8.75 Å². The summed E-state index contributed by atoms with van der Waals surface area (Å²) in [5.41, 5.74) is 11.2. The minimum atomic E-state index is -1.67. The number of nitrogens with zero attached hydrogens (tertiary/aromatic N) is 2. The zero-order chi connectivity index (χ0) is 19.1. The zero-order valence-corrected chi connectivity index (χ0v) is 15.0. The maximum atomic E-state index is 12.5. The van der Waals surface area contributed by atoms with Gasteiger partial charge in [0.2, 0.25) is 9.23 Å². The van der Waals surface area contributed by atoms with Crippen LogP contribution in [0.1, 0.15) is 0 Å². The molecule has 0 aliphatic heterocycles. The minimum Gasteiger partial charge on any atom is -0.397 e. The van der Waals surface area contributed by atoms with Crippen LogP contribution in [0.2, 0.25) is 0 Å². The van der Waals surface area contributed by atoms with Gasteiger partial charge >= 0.3 is 0 Å². The molecular weight excluding hydrogens is 427 g/mol. The molecule has 1 heterocycles. The predicted octanol–water partition coefficient (Wildman–Crippen LogP) is 4.14. The van der Waals surface area contributed by atoms with Gasteiger partial charge in [0.1, 0.15) is 11.0 Å². The number of nitrogen functional groups attached to an aromatic ring is 2. The second-order valence-electron chi connectivity index (χ2n) is 4.10. The van der Waals surface area contributed by atoms with Crippen molar-refractivity contribution in [3.8, 4) is 0 Å². The largest absolute Gasteiger partial charge is 0.397 e. The van der Waals surface area contributed by atoms with Crippen molar-refractivity contribution < 1.29 is 21.8 Å². The van der Waals surface area contributed by atoms with Gasteiger partial charge in [0.15, 0.2) is 23.3 Å². The average molecular weight is 435 g/mol. The number of hydrogen-bond acceptors (Lipinski definition) is 6. The summed E-state index contributed by atoms with van der Waals surface area (Å²) in [6.45, 7) is 0. The van der Waals surface area contributed by atoms with Gasteiger partial charge in [0, 0.05) is 45.6 Å². The molecule has 0 bridgehead atoms. The fourth-order valence-corrected chi connectivity index (χ4v) is 1.87. The maximum absolute atomic E-state index is 12.5. The van der Waals surface area contributed by atoms with Gasteiger partial charge < -0.3 is 11.5 Å². The third-order valence-corrected chi connectivity index (χ3v) is 2.98. The van der Waals surface area contributed by atoms with E-state index in [0.717, 1.165) is 36.0 Å². The molecule has 2 aromatic carbocycles.